The summed E-state index contributed by atoms with van der Waals surface area (Å²) in [7, 11) is -2.91. The minimum Gasteiger partial charge on any atom is -0.506 e. The van der Waals surface area contributed by atoms with Gasteiger partial charge in [-0.3, -0.25) is 4.79 Å². The molecule has 0 bridgehead atoms. The van der Waals surface area contributed by atoms with E-state index in [1.807, 2.05) is 54.6 Å². The van der Waals surface area contributed by atoms with Crippen LogP contribution in [0.2, 0.25) is 0 Å². The van der Waals surface area contributed by atoms with Gasteiger partial charge in [0.1, 0.15) is 0 Å². The van der Waals surface area contributed by atoms with Crippen molar-refractivity contribution in [2.45, 2.75) is 19.3 Å². The quantitative estimate of drug-likeness (QED) is 0.478. The standard InChI is InChI=1S/C23H23O2Si/c1-2-3-19-23(24)25-26(20-13-7-4-8-14-20,21-15-9-5-10-16-21)22-17-11-6-12-18-22/h4-18H,1-3,19H2. The number of benzene rings is 3. The number of hydrogen-bond donors (Lipinski definition) is 0. The maximum Gasteiger partial charge on any atom is 0.350 e. The maximum absolute atomic E-state index is 12.7. The van der Waals surface area contributed by atoms with Crippen molar-refractivity contribution in [2.24, 2.45) is 0 Å². The molecular formula is C23H23O2Si. The fourth-order valence-electron chi connectivity index (χ4n) is 3.19. The molecule has 3 rings (SSSR count). The largest absolute Gasteiger partial charge is 0.506 e. The SMILES string of the molecule is [CH2]CCCC(=O)O[Si](c1ccccc1)(c1ccccc1)c1ccccc1. The first-order valence-corrected chi connectivity index (χ1v) is 10.9. The third-order valence-corrected chi connectivity index (χ3v) is 8.41. The Hall–Kier alpha value is -2.65. The predicted octanol–water partition coefficient (Wildman–Crippen LogP) is 3.20. The molecule has 1 radical (unpaired) electrons. The minimum absolute atomic E-state index is 0.156. The maximum atomic E-state index is 12.7. The monoisotopic (exact) mass is 359 g/mol. The van der Waals surface area contributed by atoms with Crippen molar-refractivity contribution in [1.82, 2.24) is 0 Å². The lowest BCUT2D eigenvalue weighted by molar-refractivity contribution is -0.134. The Bertz CT molecular complexity index is 720. The van der Waals surface area contributed by atoms with E-state index < -0.39 is 8.32 Å². The van der Waals surface area contributed by atoms with Crippen molar-refractivity contribution in [3.05, 3.63) is 97.9 Å². The van der Waals surface area contributed by atoms with Crippen LogP contribution in [0, 0.1) is 6.92 Å². The summed E-state index contributed by atoms with van der Waals surface area (Å²) < 4.78 is 6.37. The van der Waals surface area contributed by atoms with Crippen LogP contribution in [0.15, 0.2) is 91.0 Å². The zero-order chi connectivity index (χ0) is 18.2. The van der Waals surface area contributed by atoms with Crippen LogP contribution in [0.4, 0.5) is 0 Å². The Labute approximate surface area is 156 Å². The van der Waals surface area contributed by atoms with Crippen molar-refractivity contribution in [2.75, 3.05) is 0 Å². The first-order chi connectivity index (χ1) is 12.8. The second-order valence-electron chi connectivity index (χ2n) is 6.21. The van der Waals surface area contributed by atoms with Gasteiger partial charge in [0, 0.05) is 6.42 Å². The zero-order valence-electron chi connectivity index (χ0n) is 14.8. The Morgan fingerprint density at radius 2 is 1.12 bits per heavy atom. The summed E-state index contributed by atoms with van der Waals surface area (Å²) in [5.41, 5.74) is 0. The lowest BCUT2D eigenvalue weighted by atomic mass is 10.3. The normalized spacial score (nSPS) is 11.1. The predicted molar refractivity (Wildman–Crippen MR) is 109 cm³/mol. The molecule has 3 heteroatoms. The van der Waals surface area contributed by atoms with Crippen LogP contribution >= 0.6 is 0 Å². The molecule has 0 saturated heterocycles. The third-order valence-electron chi connectivity index (χ3n) is 4.44. The summed E-state index contributed by atoms with van der Waals surface area (Å²) in [4.78, 5) is 12.7. The number of carbonyl (C=O) groups is 1. The topological polar surface area (TPSA) is 26.3 Å². The molecule has 3 aromatic carbocycles. The van der Waals surface area contributed by atoms with Crippen molar-refractivity contribution in [3.8, 4) is 0 Å². The Morgan fingerprint density at radius 3 is 1.46 bits per heavy atom. The van der Waals surface area contributed by atoms with E-state index in [1.165, 1.54) is 0 Å². The van der Waals surface area contributed by atoms with Gasteiger partial charge in [-0.1, -0.05) is 104 Å². The van der Waals surface area contributed by atoms with Crippen LogP contribution in [0.25, 0.3) is 0 Å². The fraction of sp³-hybridized carbons (Fsp3) is 0.130. The molecular weight excluding hydrogens is 336 g/mol. The van der Waals surface area contributed by atoms with Gasteiger partial charge in [-0.05, 0) is 22.0 Å². The summed E-state index contributed by atoms with van der Waals surface area (Å²) in [5, 5.41) is 3.21. The molecule has 0 fully saturated rings. The van der Waals surface area contributed by atoms with Crippen molar-refractivity contribution >= 4 is 29.8 Å². The number of hydrogen-bond acceptors (Lipinski definition) is 2. The van der Waals surface area contributed by atoms with Crippen molar-refractivity contribution in [3.63, 3.8) is 0 Å². The van der Waals surface area contributed by atoms with Gasteiger partial charge < -0.3 is 4.43 Å². The van der Waals surface area contributed by atoms with Gasteiger partial charge in [-0.25, -0.2) is 0 Å². The lowest BCUT2D eigenvalue weighted by Crippen LogP contribution is -2.70. The van der Waals surface area contributed by atoms with E-state index in [4.69, 9.17) is 4.43 Å². The molecule has 0 saturated carbocycles. The third kappa shape index (κ3) is 3.78. The molecule has 0 spiro atoms. The highest BCUT2D eigenvalue weighted by Crippen LogP contribution is 2.12. The van der Waals surface area contributed by atoms with Crippen LogP contribution in [0.5, 0.6) is 0 Å². The second kappa shape index (κ2) is 8.63. The van der Waals surface area contributed by atoms with Crippen LogP contribution in [-0.4, -0.2) is 14.3 Å². The highest BCUT2D eigenvalue weighted by atomic mass is 28.4. The van der Waals surface area contributed by atoms with E-state index in [0.29, 0.717) is 6.42 Å². The molecule has 0 aromatic heterocycles. The van der Waals surface area contributed by atoms with Crippen molar-refractivity contribution in [1.29, 1.82) is 0 Å². The smallest absolute Gasteiger partial charge is 0.350 e. The summed E-state index contributed by atoms with van der Waals surface area (Å²) in [5.74, 6) is -0.156. The van der Waals surface area contributed by atoms with Gasteiger partial charge in [0.05, 0.1) is 0 Å². The van der Waals surface area contributed by atoms with Gasteiger partial charge in [-0.2, -0.15) is 0 Å². The van der Waals surface area contributed by atoms with E-state index in [0.717, 1.165) is 28.4 Å². The average Bonchev–Trinajstić information content (AvgIpc) is 2.72. The van der Waals surface area contributed by atoms with Crippen molar-refractivity contribution < 1.29 is 9.22 Å². The number of rotatable bonds is 7. The average molecular weight is 360 g/mol. The summed E-state index contributed by atoms with van der Waals surface area (Å²) in [6, 6.07) is 30.4. The van der Waals surface area contributed by atoms with Crippen LogP contribution < -0.4 is 15.6 Å². The molecule has 26 heavy (non-hydrogen) atoms. The first-order valence-electron chi connectivity index (χ1n) is 8.95. The summed E-state index contributed by atoms with van der Waals surface area (Å²) in [6.07, 6.45) is 1.86. The van der Waals surface area contributed by atoms with Gasteiger partial charge in [0.25, 0.3) is 5.97 Å². The molecule has 0 heterocycles. The highest BCUT2D eigenvalue weighted by molar-refractivity contribution is 7.07. The molecule has 0 amide bonds. The van der Waals surface area contributed by atoms with E-state index in [-0.39, 0.29) is 5.97 Å². The fourth-order valence-corrected chi connectivity index (χ4v) is 6.97. The van der Waals surface area contributed by atoms with Crippen LogP contribution in [-0.2, 0) is 9.22 Å². The van der Waals surface area contributed by atoms with Gasteiger partial charge in [0.2, 0.25) is 0 Å². The summed E-state index contributed by atoms with van der Waals surface area (Å²) in [6.45, 7) is 3.83. The molecule has 0 aliphatic heterocycles. The molecule has 0 atom stereocenters. The van der Waals surface area contributed by atoms with Gasteiger partial charge in [-0.15, -0.1) is 0 Å². The molecule has 2 nitrogen and oxygen atoms in total. The molecule has 0 aliphatic carbocycles. The minimum atomic E-state index is -2.91. The first kappa shape index (κ1) is 18.1. The summed E-state index contributed by atoms with van der Waals surface area (Å²) >= 11 is 0. The van der Waals surface area contributed by atoms with Gasteiger partial charge >= 0.3 is 8.32 Å². The molecule has 0 aliphatic rings. The Balaban J connectivity index is 2.19. The van der Waals surface area contributed by atoms with E-state index in [9.17, 15) is 4.79 Å². The van der Waals surface area contributed by atoms with Crippen LogP contribution in [0.1, 0.15) is 19.3 Å². The molecule has 0 unspecified atom stereocenters. The molecule has 0 N–H and O–H groups in total. The molecule has 131 valence electrons. The van der Waals surface area contributed by atoms with Gasteiger partial charge in [0.15, 0.2) is 0 Å². The Kier molecular flexibility index (Phi) is 6.02. The zero-order valence-corrected chi connectivity index (χ0v) is 15.8. The highest BCUT2D eigenvalue weighted by Gasteiger charge is 2.45. The lowest BCUT2D eigenvalue weighted by Gasteiger charge is -2.32. The molecule has 3 aromatic rings. The number of carbonyl (C=O) groups excluding carboxylic acids is 1. The van der Waals surface area contributed by atoms with E-state index in [1.54, 1.807) is 0 Å². The second-order valence-corrected chi connectivity index (χ2v) is 9.51. The Morgan fingerprint density at radius 1 is 0.731 bits per heavy atom. The van der Waals surface area contributed by atoms with E-state index >= 15 is 0 Å². The van der Waals surface area contributed by atoms with E-state index in [2.05, 4.69) is 43.3 Å². The number of unbranched alkanes of at least 4 members (excludes halogenated alkanes) is 1. The van der Waals surface area contributed by atoms with Crippen LogP contribution in [0.3, 0.4) is 0 Å².